The Hall–Kier alpha value is -0.275. The van der Waals surface area contributed by atoms with Crippen LogP contribution in [0.1, 0.15) is 40.5 Å². The van der Waals surface area contributed by atoms with Gasteiger partial charge in [-0.2, -0.15) is 0 Å². The summed E-state index contributed by atoms with van der Waals surface area (Å²) in [6, 6.07) is 0. The van der Waals surface area contributed by atoms with Crippen LogP contribution in [0.5, 0.6) is 0 Å². The van der Waals surface area contributed by atoms with Gasteiger partial charge in [-0.15, -0.1) is 6.58 Å². The average molecular weight is 182 g/mol. The highest BCUT2D eigenvalue weighted by molar-refractivity contribution is 6.51. The fraction of sp³-hybridized carbons (Fsp3) is 0.800. The molecule has 2 nitrogen and oxygen atoms in total. The van der Waals surface area contributed by atoms with E-state index in [1.807, 2.05) is 13.8 Å². The first-order chi connectivity index (χ1) is 6.10. The lowest BCUT2D eigenvalue weighted by molar-refractivity contribution is 0.0546. The van der Waals surface area contributed by atoms with Crippen molar-refractivity contribution in [3.8, 4) is 0 Å². The van der Waals surface area contributed by atoms with Crippen LogP contribution in [0, 0.1) is 0 Å². The Balaban J connectivity index is 0.000000396. The van der Waals surface area contributed by atoms with E-state index in [-0.39, 0.29) is 18.3 Å². The molecule has 1 saturated carbocycles. The van der Waals surface area contributed by atoms with Gasteiger partial charge in [-0.25, -0.2) is 0 Å². The SMILES string of the molecule is C=CB1OC(C)(C)C2(CC2)O1.CC. The van der Waals surface area contributed by atoms with Crippen molar-refractivity contribution in [1.29, 1.82) is 0 Å². The fourth-order valence-electron chi connectivity index (χ4n) is 1.72. The van der Waals surface area contributed by atoms with Gasteiger partial charge >= 0.3 is 7.12 Å². The minimum atomic E-state index is -0.188. The molecule has 0 aromatic heterocycles. The molecule has 0 atom stereocenters. The van der Waals surface area contributed by atoms with E-state index in [9.17, 15) is 0 Å². The fourth-order valence-corrected chi connectivity index (χ4v) is 1.72. The van der Waals surface area contributed by atoms with E-state index < -0.39 is 0 Å². The van der Waals surface area contributed by atoms with Crippen LogP contribution in [0.2, 0.25) is 0 Å². The van der Waals surface area contributed by atoms with Gasteiger partial charge in [0.25, 0.3) is 0 Å². The summed E-state index contributed by atoms with van der Waals surface area (Å²) >= 11 is 0. The standard InChI is InChI=1S/C8H13BO2.C2H6/c1-4-9-10-7(2,3)8(11-9)5-6-8;1-2/h4H,1,5-6H2,2-3H3;1-2H3. The van der Waals surface area contributed by atoms with Crippen molar-refractivity contribution in [1.82, 2.24) is 0 Å². The largest absolute Gasteiger partial charge is 0.486 e. The first kappa shape index (κ1) is 10.8. The van der Waals surface area contributed by atoms with Gasteiger partial charge in [0.2, 0.25) is 0 Å². The molecular formula is C10H19BO2. The molecular weight excluding hydrogens is 163 g/mol. The zero-order valence-electron chi connectivity index (χ0n) is 9.09. The summed E-state index contributed by atoms with van der Waals surface area (Å²) in [4.78, 5) is 0. The summed E-state index contributed by atoms with van der Waals surface area (Å²) in [6.45, 7) is 11.8. The molecule has 2 aliphatic rings. The van der Waals surface area contributed by atoms with Crippen molar-refractivity contribution in [2.75, 3.05) is 0 Å². The monoisotopic (exact) mass is 182 g/mol. The van der Waals surface area contributed by atoms with Gasteiger partial charge in [0, 0.05) is 0 Å². The minimum Gasteiger partial charge on any atom is -0.400 e. The van der Waals surface area contributed by atoms with Crippen molar-refractivity contribution < 1.29 is 9.31 Å². The predicted molar refractivity (Wildman–Crippen MR) is 55.5 cm³/mol. The molecule has 3 heteroatoms. The van der Waals surface area contributed by atoms with Crippen LogP contribution in [0.25, 0.3) is 0 Å². The molecule has 1 aliphatic carbocycles. The van der Waals surface area contributed by atoms with Gasteiger partial charge in [-0.1, -0.05) is 19.8 Å². The van der Waals surface area contributed by atoms with Gasteiger partial charge < -0.3 is 9.31 Å². The zero-order chi connectivity index (χ0) is 10.1. The van der Waals surface area contributed by atoms with Crippen molar-refractivity contribution in [3.05, 3.63) is 12.6 Å². The Morgan fingerprint density at radius 1 is 1.23 bits per heavy atom. The Morgan fingerprint density at radius 2 is 1.77 bits per heavy atom. The number of hydrogen-bond acceptors (Lipinski definition) is 2. The van der Waals surface area contributed by atoms with Gasteiger partial charge in [0.1, 0.15) is 0 Å². The second-order valence-electron chi connectivity index (χ2n) is 3.84. The zero-order valence-corrected chi connectivity index (χ0v) is 9.09. The summed E-state index contributed by atoms with van der Waals surface area (Å²) < 4.78 is 11.3. The molecule has 0 N–H and O–H groups in total. The topological polar surface area (TPSA) is 18.5 Å². The Kier molecular flexibility index (Phi) is 2.88. The maximum atomic E-state index is 5.68. The summed E-state index contributed by atoms with van der Waals surface area (Å²) in [5, 5.41) is 0. The van der Waals surface area contributed by atoms with Crippen LogP contribution < -0.4 is 0 Å². The average Bonchev–Trinajstić information content (AvgIpc) is 2.82. The van der Waals surface area contributed by atoms with E-state index in [0.29, 0.717) is 0 Å². The summed E-state index contributed by atoms with van der Waals surface area (Å²) in [5.41, 5.74) is -0.0995. The summed E-state index contributed by atoms with van der Waals surface area (Å²) in [7, 11) is -0.188. The lowest BCUT2D eigenvalue weighted by Crippen LogP contribution is -2.34. The lowest BCUT2D eigenvalue weighted by atomic mass is 9.92. The van der Waals surface area contributed by atoms with Gasteiger partial charge in [-0.3, -0.25) is 0 Å². The molecule has 0 aromatic rings. The molecule has 0 aromatic carbocycles. The van der Waals surface area contributed by atoms with Crippen LogP contribution in [0.4, 0.5) is 0 Å². The quantitative estimate of drug-likeness (QED) is 0.580. The highest BCUT2D eigenvalue weighted by atomic mass is 16.7. The van der Waals surface area contributed by atoms with Crippen LogP contribution in [0.15, 0.2) is 12.6 Å². The first-order valence-electron chi connectivity index (χ1n) is 5.08. The van der Waals surface area contributed by atoms with E-state index in [4.69, 9.17) is 9.31 Å². The van der Waals surface area contributed by atoms with Crippen LogP contribution in [-0.2, 0) is 9.31 Å². The smallest absolute Gasteiger partial charge is 0.400 e. The third kappa shape index (κ3) is 1.68. The molecule has 0 radical (unpaired) electrons. The van der Waals surface area contributed by atoms with Crippen molar-refractivity contribution >= 4 is 7.12 Å². The number of hydrogen-bond donors (Lipinski definition) is 0. The van der Waals surface area contributed by atoms with E-state index in [2.05, 4.69) is 20.4 Å². The van der Waals surface area contributed by atoms with Crippen molar-refractivity contribution in [2.24, 2.45) is 0 Å². The normalized spacial score (nSPS) is 26.6. The van der Waals surface area contributed by atoms with Crippen molar-refractivity contribution in [3.63, 3.8) is 0 Å². The van der Waals surface area contributed by atoms with Crippen LogP contribution in [0.3, 0.4) is 0 Å². The molecule has 13 heavy (non-hydrogen) atoms. The second kappa shape index (κ2) is 3.47. The van der Waals surface area contributed by atoms with Gasteiger partial charge in [-0.05, 0) is 26.7 Å². The molecule has 2 rings (SSSR count). The summed E-state index contributed by atoms with van der Waals surface area (Å²) in [5.74, 6) is 1.72. The highest BCUT2D eigenvalue weighted by Crippen LogP contribution is 2.54. The maximum Gasteiger partial charge on any atom is 0.486 e. The maximum absolute atomic E-state index is 5.68. The van der Waals surface area contributed by atoms with Crippen LogP contribution in [-0.4, -0.2) is 18.3 Å². The van der Waals surface area contributed by atoms with Gasteiger partial charge in [0.05, 0.1) is 11.2 Å². The van der Waals surface area contributed by atoms with Crippen molar-refractivity contribution in [2.45, 2.75) is 51.7 Å². The first-order valence-corrected chi connectivity index (χ1v) is 5.08. The van der Waals surface area contributed by atoms with E-state index in [1.165, 1.54) is 0 Å². The molecule has 0 unspecified atom stereocenters. The van der Waals surface area contributed by atoms with E-state index in [0.717, 1.165) is 12.8 Å². The lowest BCUT2D eigenvalue weighted by Gasteiger charge is -2.24. The summed E-state index contributed by atoms with van der Waals surface area (Å²) in [6.07, 6.45) is 2.26. The predicted octanol–water partition coefficient (Wildman–Crippen LogP) is 2.58. The van der Waals surface area contributed by atoms with E-state index in [1.54, 1.807) is 5.98 Å². The Bertz CT molecular complexity index is 191. The molecule has 0 bridgehead atoms. The molecule has 0 amide bonds. The molecule has 1 saturated heterocycles. The van der Waals surface area contributed by atoms with Crippen LogP contribution >= 0.6 is 0 Å². The highest BCUT2D eigenvalue weighted by Gasteiger charge is 2.63. The second-order valence-corrected chi connectivity index (χ2v) is 3.84. The Labute approximate surface area is 81.4 Å². The molecule has 2 fully saturated rings. The molecule has 1 heterocycles. The minimum absolute atomic E-state index is 0.0197. The van der Waals surface area contributed by atoms with Gasteiger partial charge in [0.15, 0.2) is 0 Å². The molecule has 1 spiro atoms. The molecule has 74 valence electrons. The Morgan fingerprint density at radius 3 is 2.00 bits per heavy atom. The van der Waals surface area contributed by atoms with E-state index >= 15 is 0 Å². The molecule has 1 aliphatic heterocycles. The third-order valence-corrected chi connectivity index (χ3v) is 2.75. The third-order valence-electron chi connectivity index (χ3n) is 2.75. The number of rotatable bonds is 1.